The molecule has 3 rings (SSSR count). The molecule has 2 aliphatic heterocycles. The minimum atomic E-state index is -3.86. The molecule has 0 bridgehead atoms. The van der Waals surface area contributed by atoms with E-state index in [-0.39, 0.29) is 13.0 Å². The lowest BCUT2D eigenvalue weighted by atomic mass is 9.79. The zero-order valence-corrected chi connectivity index (χ0v) is 17.4. The van der Waals surface area contributed by atoms with Crippen LogP contribution in [-0.2, 0) is 16.0 Å². The van der Waals surface area contributed by atoms with Crippen molar-refractivity contribution in [2.24, 2.45) is 23.4 Å². The van der Waals surface area contributed by atoms with E-state index in [9.17, 15) is 4.79 Å². The van der Waals surface area contributed by atoms with E-state index in [1.165, 1.54) is 14.2 Å². The van der Waals surface area contributed by atoms with Gasteiger partial charge in [-0.25, -0.2) is 0 Å². The average molecular weight is 433 g/mol. The van der Waals surface area contributed by atoms with Crippen LogP contribution in [0.15, 0.2) is 12.1 Å². The summed E-state index contributed by atoms with van der Waals surface area (Å²) in [4.78, 5) is 15.3. The Kier molecular flexibility index (Phi) is 3.41. The second-order valence-corrected chi connectivity index (χ2v) is 7.51. The van der Waals surface area contributed by atoms with E-state index in [0.717, 1.165) is 12.5 Å². The van der Waals surface area contributed by atoms with Crippen LogP contribution >= 0.6 is 0 Å². The van der Waals surface area contributed by atoms with Gasteiger partial charge in [-0.2, -0.15) is 0 Å². The first-order valence-electron chi connectivity index (χ1n) is 16.7. The maximum atomic E-state index is 13.5. The van der Waals surface area contributed by atoms with Crippen molar-refractivity contribution in [1.82, 2.24) is 4.90 Å². The molecule has 1 saturated heterocycles. The number of piperidine rings is 1. The van der Waals surface area contributed by atoms with Gasteiger partial charge in [0, 0.05) is 49.3 Å². The Morgan fingerprint density at radius 3 is 2.73 bits per heavy atom. The van der Waals surface area contributed by atoms with E-state index < -0.39 is 68.8 Å². The summed E-state index contributed by atoms with van der Waals surface area (Å²) in [6.45, 7) is -9.62. The lowest BCUT2D eigenvalue weighted by Crippen LogP contribution is -2.51. The van der Waals surface area contributed by atoms with Crippen molar-refractivity contribution in [3.05, 3.63) is 23.3 Å². The van der Waals surface area contributed by atoms with Gasteiger partial charge in [0.15, 0.2) is 11.5 Å². The van der Waals surface area contributed by atoms with Gasteiger partial charge in [0.25, 0.3) is 0 Å². The summed E-state index contributed by atoms with van der Waals surface area (Å²) in [5.74, 6) is -9.19. The van der Waals surface area contributed by atoms with Gasteiger partial charge in [0.05, 0.1) is 15.6 Å². The Morgan fingerprint density at radius 1 is 1.33 bits per heavy atom. The number of nitrogens with two attached hydrogens (primary N) is 1. The Hall–Kier alpha value is -1.79. The second kappa shape index (κ2) is 9.56. The molecule has 30 heavy (non-hydrogen) atoms. The lowest BCUT2D eigenvalue weighted by molar-refractivity contribution is -0.160. The maximum absolute atomic E-state index is 13.5. The van der Waals surface area contributed by atoms with Crippen molar-refractivity contribution < 1.29 is 38.2 Å². The van der Waals surface area contributed by atoms with E-state index in [4.69, 9.17) is 39.1 Å². The van der Waals surface area contributed by atoms with E-state index in [2.05, 4.69) is 0 Å². The molecule has 2 N–H and O–H groups in total. The molecule has 0 aliphatic carbocycles. The smallest absolute Gasteiger partial charge is 0.323 e. The normalized spacial score (nSPS) is 36.9. The Labute approximate surface area is 200 Å². The molecule has 0 amide bonds. The number of methoxy groups -OCH3 is 2. The molecule has 1 fully saturated rings. The fraction of sp³-hybridized carbons (Fsp3) is 0.708. The molecule has 6 nitrogen and oxygen atoms in total. The average Bonchev–Trinajstić information content (AvgIpc) is 2.88. The van der Waals surface area contributed by atoms with Gasteiger partial charge in [0.1, 0.15) is 12.1 Å². The number of benzene rings is 1. The van der Waals surface area contributed by atoms with Crippen LogP contribution in [0.3, 0.4) is 0 Å². The Bertz CT molecular complexity index is 1230. The fourth-order valence-corrected chi connectivity index (χ4v) is 4.18. The Morgan fingerprint density at radius 2 is 2.07 bits per heavy atom. The van der Waals surface area contributed by atoms with Gasteiger partial charge in [-0.15, -0.1) is 0 Å². The van der Waals surface area contributed by atoms with Gasteiger partial charge < -0.3 is 19.9 Å². The highest BCUT2D eigenvalue weighted by Crippen LogP contribution is 2.44. The standard InChI is InChI=1S/C24H38N2O4/c1-14(2)9-17-13-26-8-7-16-10-21(28-5)22(29-6)11-18(16)19(26)12-20(17)30-24(27)23(25)15(3)4/h10-11,14-15,17,19-20,23H,7-9,12-13,25H2,1-6H3/t17?,19?,20?,23-/m0/s1/i1D3,3D3,4D3,9D2,14D,15D,23D/t14?,17?,19?,20?,23-. The molecule has 1 aromatic rings. The molecular formula is C24H38N2O4. The molecule has 2 heterocycles. The molecule has 5 atom stereocenters. The van der Waals surface area contributed by atoms with Crippen LogP contribution in [0.25, 0.3) is 0 Å². The van der Waals surface area contributed by atoms with Gasteiger partial charge >= 0.3 is 5.97 Å². The molecule has 2 aliphatic rings. The van der Waals surface area contributed by atoms with E-state index >= 15 is 0 Å². The summed E-state index contributed by atoms with van der Waals surface area (Å²) in [5.41, 5.74) is 7.28. The molecule has 0 aromatic heterocycles. The largest absolute Gasteiger partial charge is 0.493 e. The Balaban J connectivity index is 2.15. The van der Waals surface area contributed by atoms with Crippen LogP contribution in [-0.4, -0.2) is 50.3 Å². The van der Waals surface area contributed by atoms with Crippen molar-refractivity contribution in [1.29, 1.82) is 0 Å². The minimum absolute atomic E-state index is 0.224. The number of rotatable bonds is 7. The molecule has 1 aromatic carbocycles. The van der Waals surface area contributed by atoms with Crippen molar-refractivity contribution in [3.63, 3.8) is 0 Å². The van der Waals surface area contributed by atoms with E-state index in [1.54, 1.807) is 12.1 Å². The highest BCUT2D eigenvalue weighted by molar-refractivity contribution is 5.76. The minimum Gasteiger partial charge on any atom is -0.493 e. The van der Waals surface area contributed by atoms with Crippen molar-refractivity contribution >= 4 is 5.97 Å². The number of carbonyl (C=O) groups is 1. The molecule has 6 heteroatoms. The number of nitrogens with zero attached hydrogens (tertiary/aromatic N) is 1. The highest BCUT2D eigenvalue weighted by atomic mass is 16.5. The van der Waals surface area contributed by atoms with Crippen molar-refractivity contribution in [2.75, 3.05) is 27.3 Å². The van der Waals surface area contributed by atoms with Crippen LogP contribution in [0, 0.1) is 17.7 Å². The first-order valence-corrected chi connectivity index (χ1v) is 9.69. The van der Waals surface area contributed by atoms with Gasteiger partial charge in [-0.05, 0) is 47.8 Å². The molecule has 0 saturated carbocycles. The predicted octanol–water partition coefficient (Wildman–Crippen LogP) is 3.56. The van der Waals surface area contributed by atoms with E-state index in [1.807, 2.05) is 4.90 Å². The number of hydrogen-bond donors (Lipinski definition) is 1. The van der Waals surface area contributed by atoms with Gasteiger partial charge in [-0.1, -0.05) is 27.5 Å². The molecule has 4 unspecified atom stereocenters. The first-order chi connectivity index (χ1) is 19.7. The van der Waals surface area contributed by atoms with Crippen LogP contribution in [0.5, 0.6) is 11.5 Å². The molecule has 0 radical (unpaired) electrons. The van der Waals surface area contributed by atoms with Crippen molar-refractivity contribution in [3.8, 4) is 11.5 Å². The highest BCUT2D eigenvalue weighted by Gasteiger charge is 2.41. The molecule has 0 spiro atoms. The monoisotopic (exact) mass is 432 g/mol. The fourth-order valence-electron chi connectivity index (χ4n) is 4.18. The topological polar surface area (TPSA) is 74.0 Å². The summed E-state index contributed by atoms with van der Waals surface area (Å²) >= 11 is 0. The third-order valence-corrected chi connectivity index (χ3v) is 5.60. The quantitative estimate of drug-likeness (QED) is 0.664. The number of hydrogen-bond acceptors (Lipinski definition) is 6. The summed E-state index contributed by atoms with van der Waals surface area (Å²) in [6, 6.07) is -0.820. The third-order valence-electron chi connectivity index (χ3n) is 5.60. The van der Waals surface area contributed by atoms with E-state index in [0.29, 0.717) is 30.0 Å². The number of carbonyl (C=O) groups excluding carboxylic acids is 1. The zero-order valence-electron chi connectivity index (χ0n) is 31.4. The zero-order chi connectivity index (χ0) is 34.1. The van der Waals surface area contributed by atoms with Gasteiger partial charge in [0.2, 0.25) is 0 Å². The van der Waals surface area contributed by atoms with Gasteiger partial charge in [-0.3, -0.25) is 9.69 Å². The molecular weight excluding hydrogens is 380 g/mol. The summed E-state index contributed by atoms with van der Waals surface area (Å²) < 4.78 is 129. The number of fused-ring (bicyclic) bond motifs is 3. The summed E-state index contributed by atoms with van der Waals surface area (Å²) in [5, 5.41) is 0. The SMILES string of the molecule is [2H]C([2H])([2H])C([2H])(C)C([2H])([2H])C1CN2CCc3cc(OC)c(OC)cc3C2CC1OC(=O)[C@@]([2H])(N)C([2H])(C([2H])([2H])[2H])C([2H])([2H])[2H]. The number of esters is 1. The second-order valence-electron chi connectivity index (χ2n) is 7.51. The van der Waals surface area contributed by atoms with Crippen LogP contribution in [0.2, 0.25) is 0 Å². The summed E-state index contributed by atoms with van der Waals surface area (Å²) in [6.07, 6.45) is -4.23. The van der Waals surface area contributed by atoms with Crippen LogP contribution in [0.1, 0.15) is 76.6 Å². The number of ether oxygens (including phenoxy) is 3. The van der Waals surface area contributed by atoms with Crippen LogP contribution < -0.4 is 15.2 Å². The lowest BCUT2D eigenvalue weighted by Gasteiger charge is -2.47. The third kappa shape index (κ3) is 4.75. The predicted molar refractivity (Wildman–Crippen MR) is 118 cm³/mol. The van der Waals surface area contributed by atoms with Crippen LogP contribution in [0.4, 0.5) is 0 Å². The maximum Gasteiger partial charge on any atom is 0.323 e. The van der Waals surface area contributed by atoms with Crippen molar-refractivity contribution in [2.45, 2.75) is 64.9 Å². The first kappa shape index (κ1) is 10.7. The molecule has 168 valence electrons. The summed E-state index contributed by atoms with van der Waals surface area (Å²) in [7, 11) is 2.90.